The molecule has 0 saturated heterocycles. The van der Waals surface area contributed by atoms with E-state index in [1.54, 1.807) is 35.0 Å². The van der Waals surface area contributed by atoms with E-state index in [1.807, 2.05) is 28.8 Å². The van der Waals surface area contributed by atoms with E-state index in [1.165, 1.54) is 3.57 Å². The fourth-order valence-electron chi connectivity index (χ4n) is 3.21. The molecule has 1 unspecified atom stereocenters. The van der Waals surface area contributed by atoms with Gasteiger partial charge in [-0.15, -0.1) is 0 Å². The first kappa shape index (κ1) is 31.4. The van der Waals surface area contributed by atoms with Gasteiger partial charge in [0.2, 0.25) is 0 Å². The van der Waals surface area contributed by atoms with Crippen LogP contribution >= 0.6 is 54.5 Å². The Kier molecular flexibility index (Phi) is 12.7. The lowest BCUT2D eigenvalue weighted by Gasteiger charge is -2.06. The average Bonchev–Trinajstić information content (AvgIpc) is 3.57. The molecule has 0 amide bonds. The highest BCUT2D eigenvalue weighted by atomic mass is 127. The number of rotatable bonds is 7. The maximum atomic E-state index is 10.3. The number of carbonyl (C=O) groups excluding carboxylic acids is 1. The molecule has 1 atom stereocenters. The first-order chi connectivity index (χ1) is 17.4. The molecule has 0 bridgehead atoms. The van der Waals surface area contributed by atoms with Crippen LogP contribution in [0.25, 0.3) is 0 Å². The van der Waals surface area contributed by atoms with Crippen LogP contribution in [-0.4, -0.2) is 50.5 Å². The van der Waals surface area contributed by atoms with Crippen molar-refractivity contribution in [1.82, 2.24) is 39.1 Å². The summed E-state index contributed by atoms with van der Waals surface area (Å²) in [5.41, 5.74) is 2.11. The summed E-state index contributed by atoms with van der Waals surface area (Å²) < 4.78 is 9.54. The van der Waals surface area contributed by atoms with Gasteiger partial charge in [-0.25, -0.2) is 0 Å². The van der Waals surface area contributed by atoms with Gasteiger partial charge in [0.25, 0.3) is 0 Å². The fraction of sp³-hybridized carbons (Fsp3) is 0.458. The van der Waals surface area contributed by atoms with Gasteiger partial charge in [-0.3, -0.25) is 23.5 Å². The smallest absolute Gasteiger partial charge is 0.154 e. The molecule has 0 aromatic carbocycles. The summed E-state index contributed by atoms with van der Waals surface area (Å²) in [5, 5.41) is 26.8. The van der Waals surface area contributed by atoms with Gasteiger partial charge in [0.1, 0.15) is 15.3 Å². The number of aryl methyl sites for hydroxylation is 2. The monoisotopic (exact) mass is 750 g/mol. The van der Waals surface area contributed by atoms with Gasteiger partial charge < -0.3 is 5.11 Å². The van der Waals surface area contributed by atoms with Crippen LogP contribution in [0.5, 0.6) is 0 Å². The Balaban J connectivity index is 0.000000214. The molecule has 4 aromatic rings. The minimum Gasteiger partial charge on any atom is -0.383 e. The third kappa shape index (κ3) is 10.4. The summed E-state index contributed by atoms with van der Waals surface area (Å²) in [5.74, 6) is 1.20. The molecule has 10 nitrogen and oxygen atoms in total. The summed E-state index contributed by atoms with van der Waals surface area (Å²) in [4.78, 5) is 10.2. The van der Waals surface area contributed by atoms with E-state index in [0.717, 1.165) is 30.5 Å². The zero-order valence-corrected chi connectivity index (χ0v) is 27.1. The lowest BCUT2D eigenvalue weighted by Crippen LogP contribution is -2.04. The number of hydrogen-bond acceptors (Lipinski definition) is 6. The molecular weight excluding hydrogens is 719 g/mol. The predicted octanol–water partition coefficient (Wildman–Crippen LogP) is 5.26. The SMILES string of the molecule is CC(C)Cn1cc(C(O)c2cn(C)nc2Br)cn1.CC(C)Cn1cc(I)cn1.Cn1cc(C=O)c(Br)n1. The molecule has 202 valence electrons. The van der Waals surface area contributed by atoms with Crippen molar-refractivity contribution in [3.63, 3.8) is 0 Å². The van der Waals surface area contributed by atoms with Crippen molar-refractivity contribution in [3.8, 4) is 0 Å². The van der Waals surface area contributed by atoms with Crippen LogP contribution in [0.2, 0.25) is 0 Å². The number of nitrogens with zero attached hydrogens (tertiary/aromatic N) is 8. The minimum atomic E-state index is -0.700. The number of aldehydes is 1. The van der Waals surface area contributed by atoms with Gasteiger partial charge in [-0.1, -0.05) is 27.7 Å². The van der Waals surface area contributed by atoms with Crippen molar-refractivity contribution in [2.75, 3.05) is 0 Å². The highest BCUT2D eigenvalue weighted by Gasteiger charge is 2.18. The molecule has 0 radical (unpaired) electrons. The lowest BCUT2D eigenvalue weighted by atomic mass is 10.1. The summed E-state index contributed by atoms with van der Waals surface area (Å²) in [6.07, 6.45) is 11.0. The first-order valence-corrected chi connectivity index (χ1v) is 14.3. The highest BCUT2D eigenvalue weighted by molar-refractivity contribution is 14.1. The number of halogens is 3. The Hall–Kier alpha value is -1.84. The van der Waals surface area contributed by atoms with Crippen LogP contribution in [0.4, 0.5) is 0 Å². The Morgan fingerprint density at radius 1 is 0.892 bits per heavy atom. The van der Waals surface area contributed by atoms with Crippen molar-refractivity contribution in [2.24, 2.45) is 25.9 Å². The van der Waals surface area contributed by atoms with Crippen molar-refractivity contribution in [3.05, 3.63) is 66.6 Å². The third-order valence-electron chi connectivity index (χ3n) is 4.72. The van der Waals surface area contributed by atoms with E-state index < -0.39 is 6.10 Å². The Bertz CT molecular complexity index is 1260. The number of aromatic nitrogens is 8. The maximum absolute atomic E-state index is 10.3. The van der Waals surface area contributed by atoms with E-state index in [9.17, 15) is 9.90 Å². The normalized spacial score (nSPS) is 11.7. The van der Waals surface area contributed by atoms with Gasteiger partial charge in [0, 0.05) is 63.1 Å². The van der Waals surface area contributed by atoms with E-state index in [4.69, 9.17) is 0 Å². The van der Waals surface area contributed by atoms with E-state index in [0.29, 0.717) is 26.6 Å². The van der Waals surface area contributed by atoms with E-state index in [-0.39, 0.29) is 0 Å². The van der Waals surface area contributed by atoms with Crippen LogP contribution in [0, 0.1) is 15.4 Å². The number of hydrogen-bond donors (Lipinski definition) is 1. The largest absolute Gasteiger partial charge is 0.383 e. The summed E-state index contributed by atoms with van der Waals surface area (Å²) in [6.45, 7) is 10.5. The number of aliphatic hydroxyl groups is 1. The van der Waals surface area contributed by atoms with Crippen LogP contribution in [0.1, 0.15) is 55.3 Å². The molecule has 13 heteroatoms. The lowest BCUT2D eigenvalue weighted by molar-refractivity contribution is 0.112. The summed E-state index contributed by atoms with van der Waals surface area (Å²) in [6, 6.07) is 0. The van der Waals surface area contributed by atoms with Crippen LogP contribution in [0.15, 0.2) is 46.4 Å². The summed E-state index contributed by atoms with van der Waals surface area (Å²) >= 11 is 8.72. The predicted molar refractivity (Wildman–Crippen MR) is 158 cm³/mol. The topological polar surface area (TPSA) is 109 Å². The molecule has 0 aliphatic carbocycles. The molecule has 0 aliphatic heterocycles. The first-order valence-electron chi connectivity index (χ1n) is 11.6. The fourth-order valence-corrected chi connectivity index (χ4v) is 4.67. The number of carbonyl (C=O) groups is 1. The van der Waals surface area contributed by atoms with Crippen molar-refractivity contribution in [1.29, 1.82) is 0 Å². The second kappa shape index (κ2) is 14.9. The maximum Gasteiger partial charge on any atom is 0.154 e. The molecule has 1 N–H and O–H groups in total. The van der Waals surface area contributed by atoms with Crippen LogP contribution < -0.4 is 0 Å². The molecule has 4 heterocycles. The zero-order valence-electron chi connectivity index (χ0n) is 21.8. The Morgan fingerprint density at radius 2 is 1.43 bits per heavy atom. The van der Waals surface area contributed by atoms with Crippen LogP contribution in [0.3, 0.4) is 0 Å². The Labute approximate surface area is 247 Å². The molecule has 37 heavy (non-hydrogen) atoms. The summed E-state index contributed by atoms with van der Waals surface area (Å²) in [7, 11) is 3.58. The van der Waals surface area contributed by atoms with E-state index >= 15 is 0 Å². The van der Waals surface area contributed by atoms with Gasteiger partial charge in [0.15, 0.2) is 6.29 Å². The quantitative estimate of drug-likeness (QED) is 0.204. The minimum absolute atomic E-state index is 0.528. The van der Waals surface area contributed by atoms with Gasteiger partial charge in [0.05, 0.1) is 21.5 Å². The van der Waals surface area contributed by atoms with Crippen LogP contribution in [-0.2, 0) is 27.2 Å². The van der Waals surface area contributed by atoms with Gasteiger partial charge in [-0.2, -0.15) is 20.4 Å². The second-order valence-corrected chi connectivity index (χ2v) is 12.0. The van der Waals surface area contributed by atoms with Crippen molar-refractivity contribution in [2.45, 2.75) is 46.9 Å². The molecule has 0 saturated carbocycles. The highest BCUT2D eigenvalue weighted by Crippen LogP contribution is 2.27. The number of aliphatic hydroxyl groups excluding tert-OH is 1. The zero-order chi connectivity index (χ0) is 27.7. The van der Waals surface area contributed by atoms with Crippen molar-refractivity contribution < 1.29 is 9.90 Å². The second-order valence-electron chi connectivity index (χ2n) is 9.28. The molecule has 4 rings (SSSR count). The third-order valence-corrected chi connectivity index (χ3v) is 6.51. The standard InChI is InChI=1S/C12H17BrN4O.C7H11IN2.C5H5BrN2O/c1-8(2)5-17-6-9(4-14-17)11(18)10-7-16(3)15-12(10)13;1-6(2)4-10-5-7(8)3-9-10;1-8-2-4(3-9)5(6)7-8/h4,6-8,11,18H,5H2,1-3H3;3,5-6H,4H2,1-2H3;2-3H,1H3. The Morgan fingerprint density at radius 3 is 1.84 bits per heavy atom. The molecule has 0 spiro atoms. The molecule has 0 fully saturated rings. The molecule has 0 aliphatic rings. The van der Waals surface area contributed by atoms with Crippen molar-refractivity contribution >= 4 is 60.7 Å². The molecule has 4 aromatic heterocycles. The van der Waals surface area contributed by atoms with Gasteiger partial charge >= 0.3 is 0 Å². The molecular formula is C24H33Br2IN8O2. The average molecular weight is 752 g/mol. The van der Waals surface area contributed by atoms with Gasteiger partial charge in [-0.05, 0) is 66.3 Å². The van der Waals surface area contributed by atoms with E-state index in [2.05, 4.69) is 109 Å².